The maximum Gasteiger partial charge on any atom is 0.330 e. The fourth-order valence-electron chi connectivity index (χ4n) is 2.20. The summed E-state index contributed by atoms with van der Waals surface area (Å²) in [6.45, 7) is 0.777. The van der Waals surface area contributed by atoms with Crippen LogP contribution in [0.3, 0.4) is 0 Å². The maximum absolute atomic E-state index is 13.5. The lowest BCUT2D eigenvalue weighted by atomic mass is 10.2. The second-order valence-electron chi connectivity index (χ2n) is 5.82. The Morgan fingerprint density at radius 1 is 1.21 bits per heavy atom. The van der Waals surface area contributed by atoms with E-state index in [2.05, 4.69) is 20.7 Å². The zero-order chi connectivity index (χ0) is 20.1. The van der Waals surface area contributed by atoms with Gasteiger partial charge in [-0.05, 0) is 54.1 Å². The highest BCUT2D eigenvalue weighted by Crippen LogP contribution is 2.17. The van der Waals surface area contributed by atoms with Crippen LogP contribution in [0.1, 0.15) is 5.56 Å². The third-order valence-corrected chi connectivity index (χ3v) is 3.90. The SMILES string of the molecule is Cc1ccc(NC(=O)COC(=O)Cn2nnc(-c3ccc(Cl)cc3)n2)cc1F. The van der Waals surface area contributed by atoms with Crippen LogP contribution in [-0.4, -0.2) is 38.7 Å². The molecule has 1 N–H and O–H groups in total. The molecule has 10 heteroatoms. The number of hydrogen-bond acceptors (Lipinski definition) is 6. The van der Waals surface area contributed by atoms with Crippen LogP contribution >= 0.6 is 11.6 Å². The minimum Gasteiger partial charge on any atom is -0.454 e. The van der Waals surface area contributed by atoms with Crippen molar-refractivity contribution in [2.24, 2.45) is 0 Å². The third-order valence-electron chi connectivity index (χ3n) is 3.65. The number of aryl methyl sites for hydroxylation is 1. The van der Waals surface area contributed by atoms with E-state index in [1.165, 1.54) is 12.1 Å². The van der Waals surface area contributed by atoms with Crippen molar-refractivity contribution in [3.05, 3.63) is 58.9 Å². The Morgan fingerprint density at radius 3 is 2.68 bits per heavy atom. The van der Waals surface area contributed by atoms with E-state index in [-0.39, 0.29) is 12.2 Å². The van der Waals surface area contributed by atoms with E-state index in [0.717, 1.165) is 4.80 Å². The molecule has 0 saturated heterocycles. The fraction of sp³-hybridized carbons (Fsp3) is 0.167. The molecule has 0 bridgehead atoms. The van der Waals surface area contributed by atoms with Crippen molar-refractivity contribution in [1.29, 1.82) is 0 Å². The van der Waals surface area contributed by atoms with Gasteiger partial charge in [0, 0.05) is 16.3 Å². The topological polar surface area (TPSA) is 99.0 Å². The summed E-state index contributed by atoms with van der Waals surface area (Å²) < 4.78 is 18.3. The van der Waals surface area contributed by atoms with Crippen molar-refractivity contribution in [1.82, 2.24) is 20.2 Å². The Hall–Kier alpha value is -3.33. The Kier molecular flexibility index (Phi) is 5.95. The van der Waals surface area contributed by atoms with Gasteiger partial charge in [-0.25, -0.2) is 9.18 Å². The molecule has 0 fully saturated rings. The van der Waals surface area contributed by atoms with Crippen LogP contribution in [0, 0.1) is 12.7 Å². The summed E-state index contributed by atoms with van der Waals surface area (Å²) in [7, 11) is 0. The molecule has 28 heavy (non-hydrogen) atoms. The molecule has 1 heterocycles. The summed E-state index contributed by atoms with van der Waals surface area (Å²) in [6, 6.07) is 11.1. The van der Waals surface area contributed by atoms with E-state index < -0.39 is 24.3 Å². The van der Waals surface area contributed by atoms with Crippen molar-refractivity contribution in [3.63, 3.8) is 0 Å². The van der Waals surface area contributed by atoms with Gasteiger partial charge in [0.2, 0.25) is 5.82 Å². The third kappa shape index (κ3) is 5.10. The van der Waals surface area contributed by atoms with Crippen molar-refractivity contribution in [2.75, 3.05) is 11.9 Å². The number of amides is 1. The lowest BCUT2D eigenvalue weighted by molar-refractivity contribution is -0.148. The first kappa shape index (κ1) is 19.4. The minimum absolute atomic E-state index is 0.273. The van der Waals surface area contributed by atoms with E-state index in [1.54, 1.807) is 37.3 Å². The molecule has 0 spiro atoms. The normalized spacial score (nSPS) is 10.5. The van der Waals surface area contributed by atoms with Gasteiger partial charge in [-0.15, -0.1) is 10.2 Å². The van der Waals surface area contributed by atoms with Crippen molar-refractivity contribution in [3.8, 4) is 11.4 Å². The van der Waals surface area contributed by atoms with Gasteiger partial charge < -0.3 is 10.1 Å². The molecule has 1 aromatic heterocycles. The fourth-order valence-corrected chi connectivity index (χ4v) is 2.33. The molecule has 0 radical (unpaired) electrons. The van der Waals surface area contributed by atoms with E-state index in [0.29, 0.717) is 22.0 Å². The van der Waals surface area contributed by atoms with E-state index in [9.17, 15) is 14.0 Å². The predicted molar refractivity (Wildman–Crippen MR) is 99.0 cm³/mol. The Bertz CT molecular complexity index is 1010. The van der Waals surface area contributed by atoms with Gasteiger partial charge in [-0.3, -0.25) is 4.79 Å². The molecule has 3 rings (SSSR count). The smallest absolute Gasteiger partial charge is 0.330 e. The number of benzene rings is 2. The number of rotatable bonds is 6. The zero-order valence-corrected chi connectivity index (χ0v) is 15.5. The zero-order valence-electron chi connectivity index (χ0n) is 14.7. The average Bonchev–Trinajstić information content (AvgIpc) is 3.12. The summed E-state index contributed by atoms with van der Waals surface area (Å²) in [6.07, 6.45) is 0. The predicted octanol–water partition coefficient (Wildman–Crippen LogP) is 2.62. The molecule has 0 saturated carbocycles. The molecular formula is C18H15ClFN5O3. The molecule has 0 atom stereocenters. The standard InChI is InChI=1S/C18H15ClFN5O3/c1-11-2-7-14(8-15(11)20)21-16(26)10-28-17(27)9-25-23-18(22-24-25)12-3-5-13(19)6-4-12/h2-8H,9-10H2,1H3,(H,21,26). The summed E-state index contributed by atoms with van der Waals surface area (Å²) in [5, 5.41) is 14.7. The van der Waals surface area contributed by atoms with Crippen LogP contribution in [-0.2, 0) is 20.9 Å². The van der Waals surface area contributed by atoms with Gasteiger partial charge in [0.05, 0.1) is 0 Å². The van der Waals surface area contributed by atoms with Crippen LogP contribution in [0.25, 0.3) is 11.4 Å². The number of tetrazole rings is 1. The summed E-state index contributed by atoms with van der Waals surface area (Å²) in [5.41, 5.74) is 1.42. The number of nitrogens with one attached hydrogen (secondary N) is 1. The van der Waals surface area contributed by atoms with Gasteiger partial charge in [-0.2, -0.15) is 4.80 Å². The van der Waals surface area contributed by atoms with Crippen LogP contribution in [0.2, 0.25) is 5.02 Å². The van der Waals surface area contributed by atoms with Crippen LogP contribution in [0.5, 0.6) is 0 Å². The van der Waals surface area contributed by atoms with Crippen molar-refractivity contribution >= 4 is 29.2 Å². The van der Waals surface area contributed by atoms with Crippen molar-refractivity contribution in [2.45, 2.75) is 13.5 Å². The number of aromatic nitrogens is 4. The molecule has 0 aliphatic heterocycles. The Labute approximate surface area is 164 Å². The van der Waals surface area contributed by atoms with Gasteiger partial charge in [0.15, 0.2) is 13.2 Å². The highest BCUT2D eigenvalue weighted by atomic mass is 35.5. The first-order valence-corrected chi connectivity index (χ1v) is 8.54. The monoisotopic (exact) mass is 403 g/mol. The van der Waals surface area contributed by atoms with E-state index in [4.69, 9.17) is 16.3 Å². The lowest BCUT2D eigenvalue weighted by Crippen LogP contribution is -2.23. The number of carbonyl (C=O) groups excluding carboxylic acids is 2. The quantitative estimate of drug-likeness (QED) is 0.635. The van der Waals surface area contributed by atoms with E-state index in [1.807, 2.05) is 0 Å². The Morgan fingerprint density at radius 2 is 1.96 bits per heavy atom. The number of halogens is 2. The summed E-state index contributed by atoms with van der Waals surface area (Å²) in [4.78, 5) is 24.7. The first-order valence-electron chi connectivity index (χ1n) is 8.16. The highest BCUT2D eigenvalue weighted by Gasteiger charge is 2.12. The molecule has 0 aliphatic rings. The molecule has 0 unspecified atom stereocenters. The first-order chi connectivity index (χ1) is 13.4. The summed E-state index contributed by atoms with van der Waals surface area (Å²) in [5.74, 6) is -1.43. The highest BCUT2D eigenvalue weighted by molar-refractivity contribution is 6.30. The molecule has 0 aliphatic carbocycles. The average molecular weight is 404 g/mol. The molecule has 2 aromatic carbocycles. The number of carbonyl (C=O) groups is 2. The number of hydrogen-bond donors (Lipinski definition) is 1. The minimum atomic E-state index is -0.717. The van der Waals surface area contributed by atoms with Crippen LogP contribution in [0.4, 0.5) is 10.1 Å². The van der Waals surface area contributed by atoms with E-state index >= 15 is 0 Å². The van der Waals surface area contributed by atoms with Gasteiger partial charge in [-0.1, -0.05) is 17.7 Å². The molecule has 1 amide bonds. The molecule has 144 valence electrons. The molecule has 3 aromatic rings. The number of ether oxygens (including phenoxy) is 1. The van der Waals surface area contributed by atoms with Gasteiger partial charge in [0.1, 0.15) is 5.82 Å². The number of anilines is 1. The molecular weight excluding hydrogens is 389 g/mol. The van der Waals surface area contributed by atoms with Crippen LogP contribution < -0.4 is 5.32 Å². The second-order valence-corrected chi connectivity index (χ2v) is 6.26. The van der Waals surface area contributed by atoms with Gasteiger partial charge >= 0.3 is 5.97 Å². The number of nitrogens with zero attached hydrogens (tertiary/aromatic N) is 4. The lowest BCUT2D eigenvalue weighted by Gasteiger charge is -2.07. The molecule has 8 nitrogen and oxygen atoms in total. The number of esters is 1. The van der Waals surface area contributed by atoms with Crippen molar-refractivity contribution < 1.29 is 18.7 Å². The summed E-state index contributed by atoms with van der Waals surface area (Å²) >= 11 is 5.83. The Balaban J connectivity index is 1.49. The van der Waals surface area contributed by atoms with Gasteiger partial charge in [0.25, 0.3) is 5.91 Å². The maximum atomic E-state index is 13.5. The second kappa shape index (κ2) is 8.57. The largest absolute Gasteiger partial charge is 0.454 e. The van der Waals surface area contributed by atoms with Crippen LogP contribution in [0.15, 0.2) is 42.5 Å².